The summed E-state index contributed by atoms with van der Waals surface area (Å²) in [7, 11) is 1.92. The number of aryl methyl sites for hydroxylation is 2. The summed E-state index contributed by atoms with van der Waals surface area (Å²) in [6.07, 6.45) is 0.918. The molecule has 0 fully saturated rings. The number of thiophene rings is 1. The van der Waals surface area contributed by atoms with Gasteiger partial charge >= 0.3 is 0 Å². The fourth-order valence-corrected chi connectivity index (χ4v) is 4.01. The van der Waals surface area contributed by atoms with Crippen molar-refractivity contribution in [2.45, 2.75) is 33.2 Å². The van der Waals surface area contributed by atoms with E-state index in [0.717, 1.165) is 32.8 Å². The molecule has 1 unspecified atom stereocenters. The van der Waals surface area contributed by atoms with E-state index in [1.54, 1.807) is 0 Å². The number of carbonyl (C=O) groups is 1. The summed E-state index contributed by atoms with van der Waals surface area (Å²) in [5, 5.41) is 8.67. The molecule has 1 N–H and O–H groups in total. The lowest BCUT2D eigenvalue weighted by Gasteiger charge is -2.20. The van der Waals surface area contributed by atoms with Crippen LogP contribution in [-0.4, -0.2) is 15.7 Å². The van der Waals surface area contributed by atoms with Crippen LogP contribution in [0.1, 0.15) is 47.2 Å². The topological polar surface area (TPSA) is 46.9 Å². The molecule has 0 aliphatic rings. The summed E-state index contributed by atoms with van der Waals surface area (Å²) in [5.41, 5.74) is 2.11. The Morgan fingerprint density at radius 3 is 2.62 bits per heavy atom. The highest BCUT2D eigenvalue weighted by Gasteiger charge is 2.20. The Morgan fingerprint density at radius 1 is 1.29 bits per heavy atom. The zero-order chi connectivity index (χ0) is 17.3. The Labute approximate surface area is 146 Å². The number of rotatable bonds is 5. The zero-order valence-electron chi connectivity index (χ0n) is 14.5. The molecule has 0 saturated carbocycles. The van der Waals surface area contributed by atoms with E-state index in [1.165, 1.54) is 11.3 Å². The van der Waals surface area contributed by atoms with Crippen molar-refractivity contribution in [2.75, 3.05) is 0 Å². The smallest absolute Gasteiger partial charge is 0.261 e. The van der Waals surface area contributed by atoms with Crippen molar-refractivity contribution >= 4 is 27.5 Å². The summed E-state index contributed by atoms with van der Waals surface area (Å²) in [6.45, 7) is 6.33. The molecule has 2 heterocycles. The first-order valence-electron chi connectivity index (χ1n) is 8.24. The molecule has 126 valence electrons. The predicted molar refractivity (Wildman–Crippen MR) is 99.4 cm³/mol. The lowest BCUT2D eigenvalue weighted by atomic mass is 9.97. The number of nitrogens with one attached hydrogen (secondary N) is 1. The van der Waals surface area contributed by atoms with Crippen LogP contribution in [0.3, 0.4) is 0 Å². The molecule has 0 aliphatic heterocycles. The van der Waals surface area contributed by atoms with Gasteiger partial charge in [0.2, 0.25) is 0 Å². The van der Waals surface area contributed by atoms with E-state index >= 15 is 0 Å². The second-order valence-electron chi connectivity index (χ2n) is 6.60. The van der Waals surface area contributed by atoms with Crippen LogP contribution in [0, 0.1) is 12.8 Å². The van der Waals surface area contributed by atoms with Crippen LogP contribution in [-0.2, 0) is 7.05 Å². The van der Waals surface area contributed by atoms with E-state index in [4.69, 9.17) is 0 Å². The molecule has 0 saturated heterocycles. The van der Waals surface area contributed by atoms with Crippen molar-refractivity contribution < 1.29 is 4.79 Å². The van der Waals surface area contributed by atoms with Crippen molar-refractivity contribution in [1.82, 2.24) is 15.1 Å². The molecular weight excluding hydrogens is 318 g/mol. The molecule has 0 bridgehead atoms. The first-order valence-corrected chi connectivity index (χ1v) is 9.06. The molecule has 3 rings (SSSR count). The Balaban J connectivity index is 1.85. The maximum absolute atomic E-state index is 12.8. The van der Waals surface area contributed by atoms with Gasteiger partial charge in [0.05, 0.1) is 16.6 Å². The van der Waals surface area contributed by atoms with Crippen molar-refractivity contribution in [3.63, 3.8) is 0 Å². The third-order valence-electron chi connectivity index (χ3n) is 4.13. The predicted octanol–water partition coefficient (Wildman–Crippen LogP) is 4.46. The van der Waals surface area contributed by atoms with Crippen LogP contribution in [0.4, 0.5) is 0 Å². The van der Waals surface area contributed by atoms with Crippen LogP contribution in [0.5, 0.6) is 0 Å². The van der Waals surface area contributed by atoms with Gasteiger partial charge < -0.3 is 5.32 Å². The molecule has 4 nitrogen and oxygen atoms in total. The van der Waals surface area contributed by atoms with Crippen molar-refractivity contribution in [1.29, 1.82) is 0 Å². The van der Waals surface area contributed by atoms with Crippen LogP contribution < -0.4 is 5.32 Å². The molecule has 2 aromatic heterocycles. The molecule has 3 aromatic rings. The maximum atomic E-state index is 12.8. The van der Waals surface area contributed by atoms with Gasteiger partial charge in [-0.25, -0.2) is 0 Å². The number of aromatic nitrogens is 2. The van der Waals surface area contributed by atoms with Gasteiger partial charge in [0.15, 0.2) is 0 Å². The van der Waals surface area contributed by atoms with E-state index in [9.17, 15) is 4.79 Å². The number of hydrogen-bond donors (Lipinski definition) is 1. The summed E-state index contributed by atoms with van der Waals surface area (Å²) >= 11 is 1.50. The average molecular weight is 341 g/mol. The van der Waals surface area contributed by atoms with Gasteiger partial charge in [0.25, 0.3) is 5.91 Å². The first kappa shape index (κ1) is 16.7. The number of carbonyl (C=O) groups excluding carboxylic acids is 1. The molecule has 0 radical (unpaired) electrons. The largest absolute Gasteiger partial charge is 0.345 e. The minimum Gasteiger partial charge on any atom is -0.345 e. The second kappa shape index (κ2) is 6.77. The number of fused-ring (bicyclic) bond motifs is 1. The number of nitrogens with zero attached hydrogens (tertiary/aromatic N) is 2. The van der Waals surface area contributed by atoms with Gasteiger partial charge in [-0.1, -0.05) is 44.2 Å². The quantitative estimate of drug-likeness (QED) is 0.745. The van der Waals surface area contributed by atoms with Gasteiger partial charge in [0.1, 0.15) is 4.83 Å². The number of hydrogen-bond acceptors (Lipinski definition) is 3. The lowest BCUT2D eigenvalue weighted by molar-refractivity contribution is 0.0936. The van der Waals surface area contributed by atoms with Crippen LogP contribution in [0.15, 0.2) is 36.4 Å². The minimum atomic E-state index is -0.00916. The van der Waals surface area contributed by atoms with E-state index in [2.05, 4.69) is 36.4 Å². The highest BCUT2D eigenvalue weighted by molar-refractivity contribution is 7.20. The fourth-order valence-electron chi connectivity index (χ4n) is 2.98. The Morgan fingerprint density at radius 2 is 2.00 bits per heavy atom. The SMILES string of the molecule is Cc1nn(C)c2sc(C(=O)NC(CC(C)C)c3ccccc3)cc12. The van der Waals surface area contributed by atoms with Crippen LogP contribution in [0.2, 0.25) is 0 Å². The maximum Gasteiger partial charge on any atom is 0.261 e. The van der Waals surface area contributed by atoms with Crippen LogP contribution >= 0.6 is 11.3 Å². The average Bonchev–Trinajstić information content (AvgIpc) is 3.09. The van der Waals surface area contributed by atoms with E-state index in [1.807, 2.05) is 42.9 Å². The van der Waals surface area contributed by atoms with Crippen molar-refractivity contribution in [3.05, 3.63) is 52.5 Å². The standard InChI is InChI=1S/C19H23N3OS/c1-12(2)10-16(14-8-6-5-7-9-14)20-18(23)17-11-15-13(3)21-22(4)19(15)24-17/h5-9,11-12,16H,10H2,1-4H3,(H,20,23). The monoisotopic (exact) mass is 341 g/mol. The second-order valence-corrected chi connectivity index (χ2v) is 7.64. The highest BCUT2D eigenvalue weighted by Crippen LogP contribution is 2.29. The zero-order valence-corrected chi connectivity index (χ0v) is 15.4. The summed E-state index contributed by atoms with van der Waals surface area (Å²) in [5.74, 6) is 0.495. The number of amides is 1. The van der Waals surface area contributed by atoms with E-state index < -0.39 is 0 Å². The van der Waals surface area contributed by atoms with Crippen LogP contribution in [0.25, 0.3) is 10.2 Å². The third kappa shape index (κ3) is 3.36. The highest BCUT2D eigenvalue weighted by atomic mass is 32.1. The molecule has 5 heteroatoms. The Hall–Kier alpha value is -2.14. The Kier molecular flexibility index (Phi) is 4.71. The van der Waals surface area contributed by atoms with Crippen molar-refractivity contribution in [2.24, 2.45) is 13.0 Å². The lowest BCUT2D eigenvalue weighted by Crippen LogP contribution is -2.28. The van der Waals surface area contributed by atoms with Gasteiger partial charge in [-0.05, 0) is 30.9 Å². The first-order chi connectivity index (χ1) is 11.5. The normalized spacial score (nSPS) is 12.7. The van der Waals surface area contributed by atoms with E-state index in [0.29, 0.717) is 5.92 Å². The fraction of sp³-hybridized carbons (Fsp3) is 0.368. The minimum absolute atomic E-state index is 0.00916. The van der Waals surface area contributed by atoms with Crippen molar-refractivity contribution in [3.8, 4) is 0 Å². The molecule has 1 atom stereocenters. The van der Waals surface area contributed by atoms with Gasteiger partial charge in [-0.15, -0.1) is 11.3 Å². The Bertz CT molecular complexity index is 814. The molecule has 24 heavy (non-hydrogen) atoms. The number of benzene rings is 1. The van der Waals surface area contributed by atoms with Gasteiger partial charge in [-0.3, -0.25) is 9.48 Å². The summed E-state index contributed by atoms with van der Waals surface area (Å²) in [6, 6.07) is 12.2. The van der Waals surface area contributed by atoms with E-state index in [-0.39, 0.29) is 11.9 Å². The van der Waals surface area contributed by atoms with Gasteiger partial charge in [0, 0.05) is 12.4 Å². The molecule has 1 amide bonds. The molecule has 0 spiro atoms. The third-order valence-corrected chi connectivity index (χ3v) is 5.33. The molecule has 1 aromatic carbocycles. The van der Waals surface area contributed by atoms with Gasteiger partial charge in [-0.2, -0.15) is 5.10 Å². The summed E-state index contributed by atoms with van der Waals surface area (Å²) < 4.78 is 1.84. The summed E-state index contributed by atoms with van der Waals surface area (Å²) in [4.78, 5) is 14.6. The molecular formula is C19H23N3OS. The molecule has 0 aliphatic carbocycles.